The molecule has 0 heterocycles. The first kappa shape index (κ1) is 15.7. The number of hydrogen-bond acceptors (Lipinski definition) is 1. The van der Waals surface area contributed by atoms with E-state index in [1.807, 2.05) is 13.8 Å². The summed E-state index contributed by atoms with van der Waals surface area (Å²) in [6, 6.07) is 0. The van der Waals surface area contributed by atoms with Crippen molar-refractivity contribution < 1.29 is 18.0 Å². The Morgan fingerprint density at radius 3 is 1.64 bits per heavy atom. The lowest BCUT2D eigenvalue weighted by molar-refractivity contribution is -0.127. The number of allylic oxidation sites excluding steroid dienone is 2. The molecular weight excluding hydrogens is 193 g/mol. The number of carbonyl (C=O) groups excluding carboxylic acids is 1. The van der Waals surface area contributed by atoms with Crippen LogP contribution in [0.2, 0.25) is 0 Å². The molecule has 0 saturated carbocycles. The smallest absolute Gasteiger partial charge is 0.295 e. The maximum Gasteiger partial charge on any atom is 0.392 e. The Labute approximate surface area is 83.0 Å². The van der Waals surface area contributed by atoms with Gasteiger partial charge < -0.3 is 0 Å². The third-order valence-electron chi connectivity index (χ3n) is 1.63. The molecule has 0 aromatic heterocycles. The zero-order valence-electron chi connectivity index (χ0n) is 9.25. The normalized spacial score (nSPS) is 12.6. The molecule has 0 N–H and O–H groups in total. The van der Waals surface area contributed by atoms with Gasteiger partial charge in [-0.15, -0.1) is 0 Å². The summed E-state index contributed by atoms with van der Waals surface area (Å²) in [5.41, 5.74) is 0.294. The van der Waals surface area contributed by atoms with Gasteiger partial charge in [-0.25, -0.2) is 0 Å². The Hall–Kier alpha value is -0.800. The summed E-state index contributed by atoms with van der Waals surface area (Å²) in [5.74, 6) is -0.309. The molecule has 0 amide bonds. The molecule has 0 aliphatic heterocycles. The van der Waals surface area contributed by atoms with Gasteiger partial charge in [0.25, 0.3) is 0 Å². The monoisotopic (exact) mass is 210 g/mol. The predicted octanol–water partition coefficient (Wildman–Crippen LogP) is 3.89. The zero-order chi connectivity index (χ0) is 11.9. The van der Waals surface area contributed by atoms with Crippen LogP contribution in [0, 0.1) is 0 Å². The Balaban J connectivity index is 0. The minimum Gasteiger partial charge on any atom is -0.295 e. The highest BCUT2D eigenvalue weighted by molar-refractivity contribution is 5.93. The molecule has 0 unspecified atom stereocenters. The van der Waals surface area contributed by atoms with Crippen LogP contribution in [-0.2, 0) is 4.79 Å². The van der Waals surface area contributed by atoms with Crippen molar-refractivity contribution in [2.75, 3.05) is 0 Å². The van der Waals surface area contributed by atoms with Crippen LogP contribution in [0.5, 0.6) is 0 Å². The van der Waals surface area contributed by atoms with Gasteiger partial charge in [0.1, 0.15) is 0 Å². The zero-order valence-corrected chi connectivity index (χ0v) is 9.25. The van der Waals surface area contributed by atoms with Crippen molar-refractivity contribution in [1.82, 2.24) is 0 Å². The number of alkyl halides is 3. The highest BCUT2D eigenvalue weighted by Crippen LogP contribution is 2.25. The molecule has 0 bridgehead atoms. The predicted molar refractivity (Wildman–Crippen MR) is 51.1 cm³/mol. The van der Waals surface area contributed by atoms with Gasteiger partial charge in [-0.2, -0.15) is 13.2 Å². The minimum atomic E-state index is -4.22. The van der Waals surface area contributed by atoms with Crippen LogP contribution in [0.4, 0.5) is 13.2 Å². The second kappa shape index (κ2) is 6.62. The molecule has 0 radical (unpaired) electrons. The van der Waals surface area contributed by atoms with Gasteiger partial charge in [-0.1, -0.05) is 19.4 Å². The van der Waals surface area contributed by atoms with Gasteiger partial charge >= 0.3 is 6.18 Å². The summed E-state index contributed by atoms with van der Waals surface area (Å²) in [6.45, 7) is 7.99. The third kappa shape index (κ3) is 7.83. The van der Waals surface area contributed by atoms with Gasteiger partial charge in [0.2, 0.25) is 0 Å². The first-order valence-electron chi connectivity index (χ1n) is 4.48. The van der Waals surface area contributed by atoms with Crippen LogP contribution in [0.25, 0.3) is 0 Å². The fourth-order valence-corrected chi connectivity index (χ4v) is 0.734. The molecule has 1 nitrogen and oxygen atoms in total. The van der Waals surface area contributed by atoms with Crippen molar-refractivity contribution in [3.63, 3.8) is 0 Å². The summed E-state index contributed by atoms with van der Waals surface area (Å²) in [6.07, 6.45) is -5.22. The van der Waals surface area contributed by atoms with Crippen LogP contribution in [0.3, 0.4) is 0 Å². The van der Waals surface area contributed by atoms with E-state index in [1.54, 1.807) is 0 Å². The lowest BCUT2D eigenvalue weighted by Crippen LogP contribution is -2.09. The average Bonchev–Trinajstić information content (AvgIpc) is 2.03. The first-order chi connectivity index (χ1) is 6.24. The topological polar surface area (TPSA) is 17.1 Å². The quantitative estimate of drug-likeness (QED) is 0.632. The maximum absolute atomic E-state index is 11.8. The Morgan fingerprint density at radius 1 is 1.07 bits per heavy atom. The molecule has 0 saturated heterocycles. The molecule has 14 heavy (non-hydrogen) atoms. The van der Waals surface area contributed by atoms with E-state index in [0.717, 1.165) is 0 Å². The highest BCUT2D eigenvalue weighted by Gasteiger charge is 2.28. The molecular formula is C10H17F3O. The van der Waals surface area contributed by atoms with Crippen molar-refractivity contribution in [3.8, 4) is 0 Å². The number of carbonyl (C=O) groups is 1. The van der Waals surface area contributed by atoms with E-state index in [1.165, 1.54) is 20.8 Å². The number of Topliss-reactive ketones (excluding diaryl/α,β-unsaturated/α-hetero) is 1. The lowest BCUT2D eigenvalue weighted by atomic mass is 10.1. The van der Waals surface area contributed by atoms with E-state index in [4.69, 9.17) is 0 Å². The number of rotatable bonds is 2. The van der Waals surface area contributed by atoms with Gasteiger partial charge in [0, 0.05) is 0 Å². The van der Waals surface area contributed by atoms with E-state index in [-0.39, 0.29) is 16.9 Å². The van der Waals surface area contributed by atoms with Crippen molar-refractivity contribution in [2.45, 2.75) is 47.2 Å². The summed E-state index contributed by atoms with van der Waals surface area (Å²) in [5, 5.41) is 0. The molecule has 0 aliphatic carbocycles. The molecule has 4 heteroatoms. The van der Waals surface area contributed by atoms with Crippen LogP contribution < -0.4 is 0 Å². The summed E-state index contributed by atoms with van der Waals surface area (Å²) in [4.78, 5) is 10.6. The van der Waals surface area contributed by atoms with Crippen molar-refractivity contribution >= 4 is 5.78 Å². The minimum absolute atomic E-state index is 0.0926. The van der Waals surface area contributed by atoms with Gasteiger partial charge in [0.15, 0.2) is 5.78 Å². The van der Waals surface area contributed by atoms with Crippen molar-refractivity contribution in [3.05, 3.63) is 11.1 Å². The second-order valence-electron chi connectivity index (χ2n) is 2.75. The molecule has 0 aliphatic rings. The highest BCUT2D eigenvalue weighted by atomic mass is 19.4. The van der Waals surface area contributed by atoms with Crippen molar-refractivity contribution in [1.29, 1.82) is 0 Å². The van der Waals surface area contributed by atoms with Crippen molar-refractivity contribution in [2.24, 2.45) is 0 Å². The van der Waals surface area contributed by atoms with Crippen LogP contribution >= 0.6 is 0 Å². The van der Waals surface area contributed by atoms with E-state index in [9.17, 15) is 18.0 Å². The second-order valence-corrected chi connectivity index (χ2v) is 2.75. The lowest BCUT2D eigenvalue weighted by Gasteiger charge is -2.08. The summed E-state index contributed by atoms with van der Waals surface area (Å²) in [7, 11) is 0. The number of ketones is 1. The van der Waals surface area contributed by atoms with E-state index < -0.39 is 12.6 Å². The molecule has 0 fully saturated rings. The van der Waals surface area contributed by atoms with Crippen LogP contribution in [0.1, 0.15) is 41.0 Å². The van der Waals surface area contributed by atoms with Crippen LogP contribution in [0.15, 0.2) is 11.1 Å². The van der Waals surface area contributed by atoms with Gasteiger partial charge in [-0.05, 0) is 26.3 Å². The fraction of sp³-hybridized carbons (Fsp3) is 0.700. The maximum atomic E-state index is 11.8. The molecule has 0 aromatic rings. The van der Waals surface area contributed by atoms with Crippen LogP contribution in [-0.4, -0.2) is 12.0 Å². The first-order valence-corrected chi connectivity index (χ1v) is 4.48. The van der Waals surface area contributed by atoms with E-state index >= 15 is 0 Å². The third-order valence-corrected chi connectivity index (χ3v) is 1.63. The largest absolute Gasteiger partial charge is 0.392 e. The standard InChI is InChI=1S/C8H11F3O.C2H6/c1-5(4-8(9,10)11)6(2)7(3)12;1-2/h4H2,1-3H3;1-2H3/b6-5-;. The van der Waals surface area contributed by atoms with Gasteiger partial charge in [0.05, 0.1) is 6.42 Å². The molecule has 0 aromatic carbocycles. The number of halogens is 3. The fourth-order valence-electron chi connectivity index (χ4n) is 0.734. The van der Waals surface area contributed by atoms with E-state index in [2.05, 4.69) is 0 Å². The molecule has 84 valence electrons. The van der Waals surface area contributed by atoms with E-state index in [0.29, 0.717) is 0 Å². The molecule has 0 atom stereocenters. The SMILES string of the molecule is CC.CC(=O)/C(C)=C(/C)CC(F)(F)F. The number of hydrogen-bond donors (Lipinski definition) is 0. The molecule has 0 spiro atoms. The molecule has 0 rings (SSSR count). The average molecular weight is 210 g/mol. The Bertz CT molecular complexity index is 214. The Morgan fingerprint density at radius 2 is 1.43 bits per heavy atom. The van der Waals surface area contributed by atoms with Gasteiger partial charge in [-0.3, -0.25) is 4.79 Å². The summed E-state index contributed by atoms with van der Waals surface area (Å²) < 4.78 is 35.4. The summed E-state index contributed by atoms with van der Waals surface area (Å²) >= 11 is 0. The Kier molecular flexibility index (Phi) is 7.41.